The highest BCUT2D eigenvalue weighted by Gasteiger charge is 2.40. The van der Waals surface area contributed by atoms with Crippen LogP contribution in [0.2, 0.25) is 0 Å². The molecule has 1 nitrogen and oxygen atoms in total. The summed E-state index contributed by atoms with van der Waals surface area (Å²) in [6.45, 7) is 3.38. The summed E-state index contributed by atoms with van der Waals surface area (Å²) >= 11 is 0. The highest BCUT2D eigenvalue weighted by Crippen LogP contribution is 2.45. The summed E-state index contributed by atoms with van der Waals surface area (Å²) in [4.78, 5) is 0. The van der Waals surface area contributed by atoms with E-state index in [1.165, 1.54) is 0 Å². The van der Waals surface area contributed by atoms with Crippen LogP contribution in [0.5, 0.6) is 0 Å². The average Bonchev–Trinajstić information content (AvgIpc) is 2.77. The first-order valence-electron chi connectivity index (χ1n) is 6.58. The molecular formula is C15H21F2N. The number of alkyl halides is 2. The van der Waals surface area contributed by atoms with Gasteiger partial charge in [-0.3, -0.25) is 0 Å². The monoisotopic (exact) mass is 253 g/mol. The maximum absolute atomic E-state index is 13.8. The lowest BCUT2D eigenvalue weighted by Crippen LogP contribution is -2.34. The fraction of sp³-hybridized carbons (Fsp3) is 0.600. The van der Waals surface area contributed by atoms with Crippen LogP contribution in [0.25, 0.3) is 0 Å². The van der Waals surface area contributed by atoms with Gasteiger partial charge in [-0.25, -0.2) is 8.78 Å². The molecule has 1 aliphatic rings. The topological polar surface area (TPSA) is 26.0 Å². The first-order chi connectivity index (χ1) is 8.39. The number of rotatable bonds is 3. The minimum atomic E-state index is -2.80. The molecule has 0 aromatic heterocycles. The van der Waals surface area contributed by atoms with E-state index < -0.39 is 5.92 Å². The zero-order valence-corrected chi connectivity index (χ0v) is 11.1. The van der Waals surface area contributed by atoms with Crippen molar-refractivity contribution in [2.75, 3.05) is 6.54 Å². The van der Waals surface area contributed by atoms with Crippen molar-refractivity contribution in [3.8, 4) is 0 Å². The van der Waals surface area contributed by atoms with Crippen LogP contribution in [-0.2, 0) is 11.3 Å². The van der Waals surface area contributed by atoms with E-state index in [4.69, 9.17) is 5.73 Å². The Morgan fingerprint density at radius 1 is 1.28 bits per heavy atom. The van der Waals surface area contributed by atoms with Crippen molar-refractivity contribution in [2.24, 2.45) is 5.73 Å². The van der Waals surface area contributed by atoms with Crippen molar-refractivity contribution >= 4 is 0 Å². The number of aryl methyl sites for hydroxylation is 1. The van der Waals surface area contributed by atoms with Crippen LogP contribution < -0.4 is 5.73 Å². The first-order valence-corrected chi connectivity index (χ1v) is 6.58. The zero-order chi connectivity index (χ0) is 13.4. The summed E-state index contributed by atoms with van der Waals surface area (Å²) < 4.78 is 27.5. The van der Waals surface area contributed by atoms with E-state index in [1.54, 1.807) is 12.1 Å². The third kappa shape index (κ3) is 2.28. The highest BCUT2D eigenvalue weighted by molar-refractivity contribution is 5.41. The molecule has 0 amide bonds. The fourth-order valence-corrected chi connectivity index (χ4v) is 3.11. The predicted molar refractivity (Wildman–Crippen MR) is 69.9 cm³/mol. The lowest BCUT2D eigenvalue weighted by molar-refractivity contribution is 0.0153. The van der Waals surface area contributed by atoms with Gasteiger partial charge in [0.05, 0.1) is 0 Å². The Labute approximate surface area is 107 Å². The smallest absolute Gasteiger partial charge is 0.270 e. The SMILES string of the molecule is Cc1ccc(C(C)(F)F)c(C2(CN)CCCC2)c1. The van der Waals surface area contributed by atoms with E-state index in [1.807, 2.05) is 13.0 Å². The molecule has 0 aliphatic heterocycles. The predicted octanol–water partition coefficient (Wildman–Crippen LogP) is 3.88. The molecule has 0 heterocycles. The van der Waals surface area contributed by atoms with Crippen LogP contribution in [-0.4, -0.2) is 6.54 Å². The van der Waals surface area contributed by atoms with E-state index in [-0.39, 0.29) is 11.0 Å². The van der Waals surface area contributed by atoms with E-state index in [0.29, 0.717) is 6.54 Å². The van der Waals surface area contributed by atoms with Gasteiger partial charge in [0.15, 0.2) is 0 Å². The van der Waals surface area contributed by atoms with Gasteiger partial charge < -0.3 is 5.73 Å². The second-order valence-corrected chi connectivity index (χ2v) is 5.63. The molecule has 1 saturated carbocycles. The Morgan fingerprint density at radius 2 is 1.89 bits per heavy atom. The Kier molecular flexibility index (Phi) is 3.45. The van der Waals surface area contributed by atoms with Gasteiger partial charge in [0.2, 0.25) is 0 Å². The first kappa shape index (κ1) is 13.5. The standard InChI is InChI=1S/C15H21F2N/c1-11-5-6-12(14(2,16)17)13(9-11)15(10-18)7-3-4-8-15/h5-6,9H,3-4,7-8,10,18H2,1-2H3. The molecule has 1 aliphatic carbocycles. The van der Waals surface area contributed by atoms with Gasteiger partial charge in [0.25, 0.3) is 5.92 Å². The molecule has 0 bridgehead atoms. The van der Waals surface area contributed by atoms with Gasteiger partial charge >= 0.3 is 0 Å². The summed E-state index contributed by atoms with van der Waals surface area (Å²) in [5.74, 6) is -2.80. The molecule has 2 N–H and O–H groups in total. The third-order valence-corrected chi connectivity index (χ3v) is 4.17. The molecule has 100 valence electrons. The molecular weight excluding hydrogens is 232 g/mol. The van der Waals surface area contributed by atoms with Gasteiger partial charge in [-0.2, -0.15) is 0 Å². The molecule has 0 atom stereocenters. The molecule has 2 rings (SSSR count). The van der Waals surface area contributed by atoms with Crippen molar-refractivity contribution in [1.82, 2.24) is 0 Å². The Balaban J connectivity index is 2.57. The maximum atomic E-state index is 13.8. The molecule has 1 aromatic carbocycles. The molecule has 0 saturated heterocycles. The molecule has 1 fully saturated rings. The Bertz CT molecular complexity index is 429. The van der Waals surface area contributed by atoms with Gasteiger partial charge in [0, 0.05) is 24.4 Å². The van der Waals surface area contributed by atoms with Gasteiger partial charge in [-0.1, -0.05) is 36.6 Å². The van der Waals surface area contributed by atoms with Crippen LogP contribution in [0.1, 0.15) is 49.3 Å². The van der Waals surface area contributed by atoms with Crippen LogP contribution in [0.3, 0.4) is 0 Å². The van der Waals surface area contributed by atoms with E-state index >= 15 is 0 Å². The fourth-order valence-electron chi connectivity index (χ4n) is 3.11. The van der Waals surface area contributed by atoms with Crippen LogP contribution in [0.4, 0.5) is 8.78 Å². The van der Waals surface area contributed by atoms with Crippen molar-refractivity contribution < 1.29 is 8.78 Å². The minimum Gasteiger partial charge on any atom is -0.330 e. The molecule has 0 spiro atoms. The van der Waals surface area contributed by atoms with Crippen LogP contribution in [0, 0.1) is 6.92 Å². The third-order valence-electron chi connectivity index (χ3n) is 4.17. The normalized spacial score (nSPS) is 19.2. The highest BCUT2D eigenvalue weighted by atomic mass is 19.3. The largest absolute Gasteiger partial charge is 0.330 e. The Morgan fingerprint density at radius 3 is 2.39 bits per heavy atom. The minimum absolute atomic E-state index is 0.153. The molecule has 0 radical (unpaired) electrons. The molecule has 3 heteroatoms. The van der Waals surface area contributed by atoms with Crippen LogP contribution >= 0.6 is 0 Å². The van der Waals surface area contributed by atoms with Crippen molar-refractivity contribution in [3.05, 3.63) is 34.9 Å². The lowest BCUT2D eigenvalue weighted by atomic mass is 9.75. The van der Waals surface area contributed by atoms with E-state index in [2.05, 4.69) is 0 Å². The summed E-state index contributed by atoms with van der Waals surface area (Å²) in [7, 11) is 0. The van der Waals surface area contributed by atoms with E-state index in [0.717, 1.165) is 43.7 Å². The molecule has 1 aromatic rings. The summed E-state index contributed by atoms with van der Waals surface area (Å²) in [5.41, 5.74) is 7.63. The van der Waals surface area contributed by atoms with Crippen molar-refractivity contribution in [3.63, 3.8) is 0 Å². The number of nitrogens with two attached hydrogens (primary N) is 1. The Hall–Kier alpha value is -0.960. The second-order valence-electron chi connectivity index (χ2n) is 5.63. The number of hydrogen-bond acceptors (Lipinski definition) is 1. The number of hydrogen-bond donors (Lipinski definition) is 1. The summed E-state index contributed by atoms with van der Waals surface area (Å²) in [6.07, 6.45) is 4.02. The lowest BCUT2D eigenvalue weighted by Gasteiger charge is -2.32. The second kappa shape index (κ2) is 4.61. The van der Waals surface area contributed by atoms with Gasteiger partial charge in [-0.05, 0) is 25.3 Å². The number of benzene rings is 1. The van der Waals surface area contributed by atoms with Crippen molar-refractivity contribution in [2.45, 2.75) is 50.9 Å². The van der Waals surface area contributed by atoms with Crippen molar-refractivity contribution in [1.29, 1.82) is 0 Å². The van der Waals surface area contributed by atoms with Crippen LogP contribution in [0.15, 0.2) is 18.2 Å². The molecule has 0 unspecified atom stereocenters. The van der Waals surface area contributed by atoms with Gasteiger partial charge in [-0.15, -0.1) is 0 Å². The zero-order valence-electron chi connectivity index (χ0n) is 11.1. The quantitative estimate of drug-likeness (QED) is 0.869. The summed E-state index contributed by atoms with van der Waals surface area (Å²) in [5, 5.41) is 0. The van der Waals surface area contributed by atoms with E-state index in [9.17, 15) is 8.78 Å². The van der Waals surface area contributed by atoms with Gasteiger partial charge in [0.1, 0.15) is 0 Å². The maximum Gasteiger partial charge on any atom is 0.270 e. The average molecular weight is 253 g/mol. The number of halogens is 2. The molecule has 18 heavy (non-hydrogen) atoms. The summed E-state index contributed by atoms with van der Waals surface area (Å²) in [6, 6.07) is 5.24.